The molecule has 0 aliphatic carbocycles. The highest BCUT2D eigenvalue weighted by Gasteiger charge is 2.19. The van der Waals surface area contributed by atoms with Crippen LogP contribution in [0.4, 0.5) is 0 Å². The van der Waals surface area contributed by atoms with Gasteiger partial charge in [-0.05, 0) is 6.08 Å². The lowest BCUT2D eigenvalue weighted by Crippen LogP contribution is -2.44. The minimum Gasteiger partial charge on any atom is -0.347 e. The zero-order valence-electron chi connectivity index (χ0n) is 10.8. The van der Waals surface area contributed by atoms with Gasteiger partial charge in [0.25, 0.3) is 0 Å². The van der Waals surface area contributed by atoms with Crippen molar-refractivity contribution in [1.29, 1.82) is 0 Å². The Kier molecular flexibility index (Phi) is 5.95. The molecule has 3 amide bonds. The van der Waals surface area contributed by atoms with Gasteiger partial charge in [0.1, 0.15) is 13.1 Å². The second-order valence-corrected chi connectivity index (χ2v) is 3.97. The summed E-state index contributed by atoms with van der Waals surface area (Å²) in [5.74, 6) is -0.922. The summed E-state index contributed by atoms with van der Waals surface area (Å²) in [6, 6.07) is 0. The van der Waals surface area contributed by atoms with E-state index in [2.05, 4.69) is 6.58 Å². The summed E-state index contributed by atoms with van der Waals surface area (Å²) in [7, 11) is 6.36. The highest BCUT2D eigenvalue weighted by Crippen LogP contribution is 1.95. The van der Waals surface area contributed by atoms with E-state index in [0.29, 0.717) is 0 Å². The van der Waals surface area contributed by atoms with Crippen LogP contribution in [-0.4, -0.2) is 73.7 Å². The maximum atomic E-state index is 11.5. The summed E-state index contributed by atoms with van der Waals surface area (Å²) in [5, 5.41) is 0. The molecular weight excluding hydrogens is 222 g/mol. The number of amides is 3. The zero-order valence-corrected chi connectivity index (χ0v) is 10.8. The topological polar surface area (TPSA) is 60.9 Å². The van der Waals surface area contributed by atoms with Crippen molar-refractivity contribution in [3.8, 4) is 0 Å². The number of rotatable bonds is 5. The molecule has 0 unspecified atom stereocenters. The minimum atomic E-state index is -0.435. The van der Waals surface area contributed by atoms with Gasteiger partial charge in [-0.3, -0.25) is 14.4 Å². The molecule has 0 fully saturated rings. The molecule has 0 aliphatic heterocycles. The highest BCUT2D eigenvalue weighted by molar-refractivity contribution is 5.93. The Bertz CT molecular complexity index is 302. The van der Waals surface area contributed by atoms with E-state index < -0.39 is 5.91 Å². The molecule has 0 aromatic heterocycles. The van der Waals surface area contributed by atoms with E-state index in [1.54, 1.807) is 28.2 Å². The third-order valence-electron chi connectivity index (χ3n) is 2.14. The quantitative estimate of drug-likeness (QED) is 0.591. The molecule has 0 aromatic carbocycles. The van der Waals surface area contributed by atoms with E-state index in [-0.39, 0.29) is 24.9 Å². The van der Waals surface area contributed by atoms with E-state index in [1.165, 1.54) is 9.80 Å². The molecule has 96 valence electrons. The van der Waals surface area contributed by atoms with Gasteiger partial charge in [-0.2, -0.15) is 0 Å². The summed E-state index contributed by atoms with van der Waals surface area (Å²) < 4.78 is 0. The summed E-state index contributed by atoms with van der Waals surface area (Å²) in [5.41, 5.74) is 0. The Labute approximate surface area is 101 Å². The van der Waals surface area contributed by atoms with Crippen LogP contribution in [-0.2, 0) is 14.4 Å². The molecule has 0 bridgehead atoms. The second-order valence-electron chi connectivity index (χ2n) is 3.97. The van der Waals surface area contributed by atoms with Crippen molar-refractivity contribution in [1.82, 2.24) is 14.7 Å². The fourth-order valence-corrected chi connectivity index (χ4v) is 0.950. The van der Waals surface area contributed by atoms with Gasteiger partial charge in [0.15, 0.2) is 0 Å². The van der Waals surface area contributed by atoms with E-state index in [9.17, 15) is 14.4 Å². The lowest BCUT2D eigenvalue weighted by atomic mass is 10.3. The number of hydrogen-bond acceptors (Lipinski definition) is 3. The normalized spacial score (nSPS) is 9.41. The van der Waals surface area contributed by atoms with Crippen molar-refractivity contribution in [2.45, 2.75) is 0 Å². The van der Waals surface area contributed by atoms with Gasteiger partial charge in [0, 0.05) is 28.2 Å². The van der Waals surface area contributed by atoms with Crippen LogP contribution >= 0.6 is 0 Å². The van der Waals surface area contributed by atoms with E-state index >= 15 is 0 Å². The van der Waals surface area contributed by atoms with Crippen LogP contribution in [0.3, 0.4) is 0 Å². The first-order chi connectivity index (χ1) is 7.79. The van der Waals surface area contributed by atoms with Crippen LogP contribution in [0, 0.1) is 0 Å². The Morgan fingerprint density at radius 1 is 0.941 bits per heavy atom. The third kappa shape index (κ3) is 5.14. The van der Waals surface area contributed by atoms with Crippen LogP contribution < -0.4 is 0 Å². The first-order valence-electron chi connectivity index (χ1n) is 5.11. The standard InChI is InChI=1S/C11H19N3O3/c1-6-9(15)14(7-10(16)12(2)3)8-11(17)13(4)5/h6H,1,7-8H2,2-5H3. The Morgan fingerprint density at radius 2 is 1.29 bits per heavy atom. The summed E-state index contributed by atoms with van der Waals surface area (Å²) in [4.78, 5) is 38.4. The fraction of sp³-hybridized carbons (Fsp3) is 0.545. The molecule has 0 N–H and O–H groups in total. The van der Waals surface area contributed by atoms with E-state index in [1.807, 2.05) is 0 Å². The van der Waals surface area contributed by atoms with E-state index in [0.717, 1.165) is 11.0 Å². The monoisotopic (exact) mass is 241 g/mol. The Balaban J connectivity index is 4.66. The predicted octanol–water partition coefficient (Wildman–Crippen LogP) is -0.823. The zero-order chi connectivity index (χ0) is 13.6. The van der Waals surface area contributed by atoms with Crippen molar-refractivity contribution in [3.63, 3.8) is 0 Å². The van der Waals surface area contributed by atoms with Gasteiger partial charge in [-0.25, -0.2) is 0 Å². The van der Waals surface area contributed by atoms with Gasteiger partial charge in [0.2, 0.25) is 17.7 Å². The van der Waals surface area contributed by atoms with Crippen molar-refractivity contribution < 1.29 is 14.4 Å². The maximum Gasteiger partial charge on any atom is 0.246 e. The van der Waals surface area contributed by atoms with Crippen LogP contribution in [0.2, 0.25) is 0 Å². The highest BCUT2D eigenvalue weighted by atomic mass is 16.2. The molecule has 0 aromatic rings. The number of nitrogens with zero attached hydrogens (tertiary/aromatic N) is 3. The molecule has 6 heteroatoms. The van der Waals surface area contributed by atoms with Crippen molar-refractivity contribution >= 4 is 17.7 Å². The number of carbonyl (C=O) groups excluding carboxylic acids is 3. The summed E-state index contributed by atoms with van der Waals surface area (Å²) in [6.45, 7) is 3.09. The van der Waals surface area contributed by atoms with Crippen LogP contribution in [0.25, 0.3) is 0 Å². The average Bonchev–Trinajstić information content (AvgIpc) is 2.26. The lowest BCUT2D eigenvalue weighted by molar-refractivity contribution is -0.141. The average molecular weight is 241 g/mol. The number of carbonyl (C=O) groups is 3. The molecule has 0 rings (SSSR count). The molecule has 6 nitrogen and oxygen atoms in total. The molecular formula is C11H19N3O3. The van der Waals surface area contributed by atoms with Gasteiger partial charge < -0.3 is 14.7 Å². The first kappa shape index (κ1) is 15.2. The molecule has 17 heavy (non-hydrogen) atoms. The summed E-state index contributed by atoms with van der Waals surface area (Å²) >= 11 is 0. The molecule has 0 saturated heterocycles. The van der Waals surface area contributed by atoms with Gasteiger partial charge in [-0.1, -0.05) is 6.58 Å². The molecule has 0 heterocycles. The minimum absolute atomic E-state index is 0.128. The van der Waals surface area contributed by atoms with Gasteiger partial charge >= 0.3 is 0 Å². The molecule has 0 atom stereocenters. The maximum absolute atomic E-state index is 11.5. The molecule has 0 saturated carbocycles. The van der Waals surface area contributed by atoms with Crippen molar-refractivity contribution in [2.24, 2.45) is 0 Å². The van der Waals surface area contributed by atoms with Crippen LogP contribution in [0.5, 0.6) is 0 Å². The van der Waals surface area contributed by atoms with Crippen molar-refractivity contribution in [2.75, 3.05) is 41.3 Å². The molecule has 0 radical (unpaired) electrons. The van der Waals surface area contributed by atoms with Crippen LogP contribution in [0.1, 0.15) is 0 Å². The van der Waals surface area contributed by atoms with Crippen LogP contribution in [0.15, 0.2) is 12.7 Å². The smallest absolute Gasteiger partial charge is 0.246 e. The fourth-order valence-electron chi connectivity index (χ4n) is 0.950. The third-order valence-corrected chi connectivity index (χ3v) is 2.14. The second kappa shape index (κ2) is 6.67. The van der Waals surface area contributed by atoms with E-state index in [4.69, 9.17) is 0 Å². The number of hydrogen-bond donors (Lipinski definition) is 0. The predicted molar refractivity (Wildman–Crippen MR) is 64.2 cm³/mol. The van der Waals surface area contributed by atoms with Gasteiger partial charge in [-0.15, -0.1) is 0 Å². The Morgan fingerprint density at radius 3 is 1.53 bits per heavy atom. The lowest BCUT2D eigenvalue weighted by Gasteiger charge is -2.23. The number of likely N-dealkylation sites (N-methyl/N-ethyl adjacent to an activating group) is 2. The largest absolute Gasteiger partial charge is 0.347 e. The first-order valence-corrected chi connectivity index (χ1v) is 5.11. The van der Waals surface area contributed by atoms with Gasteiger partial charge in [0.05, 0.1) is 0 Å². The summed E-state index contributed by atoms with van der Waals surface area (Å²) in [6.07, 6.45) is 1.09. The SMILES string of the molecule is C=CC(=O)N(CC(=O)N(C)C)CC(=O)N(C)C. The molecule has 0 aliphatic rings. The van der Waals surface area contributed by atoms with Crippen molar-refractivity contribution in [3.05, 3.63) is 12.7 Å². The Hall–Kier alpha value is -1.85. The molecule has 0 spiro atoms.